The highest BCUT2D eigenvalue weighted by Crippen LogP contribution is 2.42. The minimum Gasteiger partial charge on any atom is -0.350 e. The zero-order valence-corrected chi connectivity index (χ0v) is 21.3. The van der Waals surface area contributed by atoms with Crippen LogP contribution in [0.15, 0.2) is 47.0 Å². The van der Waals surface area contributed by atoms with Gasteiger partial charge in [-0.2, -0.15) is 0 Å². The van der Waals surface area contributed by atoms with Crippen molar-refractivity contribution in [3.63, 3.8) is 0 Å². The van der Waals surface area contributed by atoms with E-state index in [0.717, 1.165) is 38.1 Å². The third kappa shape index (κ3) is 4.02. The fourth-order valence-corrected chi connectivity index (χ4v) is 7.46. The van der Waals surface area contributed by atoms with Gasteiger partial charge in [-0.05, 0) is 60.6 Å². The Kier molecular flexibility index (Phi) is 6.02. The quantitative estimate of drug-likeness (QED) is 0.483. The minimum atomic E-state index is 0.154. The lowest BCUT2D eigenvalue weighted by Gasteiger charge is -2.47. The Morgan fingerprint density at radius 1 is 1.20 bits per heavy atom. The van der Waals surface area contributed by atoms with Crippen molar-refractivity contribution < 1.29 is 4.79 Å². The van der Waals surface area contributed by atoms with E-state index >= 15 is 0 Å². The molecule has 0 radical (unpaired) electrons. The summed E-state index contributed by atoms with van der Waals surface area (Å²) >= 11 is 1.77. The Morgan fingerprint density at radius 3 is 2.91 bits per heavy atom. The molecule has 0 spiro atoms. The average Bonchev–Trinajstić information content (AvgIpc) is 3.65. The molecule has 4 heterocycles. The maximum atomic E-state index is 13.8. The summed E-state index contributed by atoms with van der Waals surface area (Å²) in [6.07, 6.45) is 8.40. The Bertz CT molecular complexity index is 1250. The molecule has 3 N–H and O–H groups in total. The highest BCUT2D eigenvalue weighted by molar-refractivity contribution is 7.13. The summed E-state index contributed by atoms with van der Waals surface area (Å²) in [4.78, 5) is 17.3. The largest absolute Gasteiger partial charge is 0.350 e. The summed E-state index contributed by atoms with van der Waals surface area (Å²) in [6.45, 7) is 3.10. The van der Waals surface area contributed by atoms with Crippen LogP contribution in [0, 0.1) is 11.8 Å². The number of nitrogens with one attached hydrogen (secondary N) is 3. The molecule has 184 valence electrons. The van der Waals surface area contributed by atoms with E-state index in [4.69, 9.17) is 0 Å². The number of aromatic nitrogens is 1. The number of nitrogens with zero attached hydrogens (tertiary/aromatic N) is 3. The molecule has 1 amide bonds. The molecule has 1 saturated heterocycles. The van der Waals surface area contributed by atoms with E-state index in [0.29, 0.717) is 30.2 Å². The van der Waals surface area contributed by atoms with Crippen molar-refractivity contribution in [1.82, 2.24) is 26.0 Å². The van der Waals surface area contributed by atoms with Crippen molar-refractivity contribution in [2.75, 3.05) is 6.54 Å². The number of hydrazine groups is 2. The van der Waals surface area contributed by atoms with Gasteiger partial charge in [-0.3, -0.25) is 10.2 Å². The summed E-state index contributed by atoms with van der Waals surface area (Å²) in [7, 11) is 2.11. The van der Waals surface area contributed by atoms with Gasteiger partial charge in [0.15, 0.2) is 0 Å². The average molecular weight is 491 g/mol. The molecule has 4 atom stereocenters. The van der Waals surface area contributed by atoms with Gasteiger partial charge in [0, 0.05) is 59.5 Å². The van der Waals surface area contributed by atoms with E-state index in [1.807, 2.05) is 0 Å². The molecule has 8 heteroatoms. The molecule has 3 aromatic rings. The molecular weight excluding hydrogens is 456 g/mol. The third-order valence-corrected chi connectivity index (χ3v) is 9.20. The first-order chi connectivity index (χ1) is 17.1. The normalized spacial score (nSPS) is 25.0. The fourth-order valence-electron chi connectivity index (χ4n) is 6.70. The van der Waals surface area contributed by atoms with Crippen LogP contribution in [-0.2, 0) is 11.8 Å². The number of likely N-dealkylation sites (tertiary alicyclic amines) is 1. The van der Waals surface area contributed by atoms with Crippen LogP contribution in [0.1, 0.15) is 56.9 Å². The predicted molar refractivity (Wildman–Crippen MR) is 142 cm³/mol. The van der Waals surface area contributed by atoms with Crippen molar-refractivity contribution in [2.24, 2.45) is 24.0 Å². The zero-order valence-electron chi connectivity index (χ0n) is 20.5. The Morgan fingerprint density at radius 2 is 2.11 bits per heavy atom. The maximum Gasteiger partial charge on any atom is 0.223 e. The Hall–Kier alpha value is -2.84. The third-order valence-electron chi connectivity index (χ3n) is 8.30. The van der Waals surface area contributed by atoms with Crippen LogP contribution in [0.4, 0.5) is 0 Å². The predicted octanol–water partition coefficient (Wildman–Crippen LogP) is 4.73. The smallest absolute Gasteiger partial charge is 0.223 e. The highest BCUT2D eigenvalue weighted by Gasteiger charge is 2.43. The highest BCUT2D eigenvalue weighted by atomic mass is 32.1. The van der Waals surface area contributed by atoms with Crippen LogP contribution < -0.4 is 16.5 Å². The number of hydrogen-bond donors (Lipinski definition) is 3. The van der Waals surface area contributed by atoms with Crippen LogP contribution >= 0.6 is 11.3 Å². The van der Waals surface area contributed by atoms with Gasteiger partial charge in [0.1, 0.15) is 5.84 Å². The van der Waals surface area contributed by atoms with Gasteiger partial charge in [0.05, 0.1) is 0 Å². The number of carbonyl (C=O) groups is 1. The topological polar surface area (TPSA) is 73.7 Å². The van der Waals surface area contributed by atoms with E-state index in [2.05, 4.69) is 86.9 Å². The van der Waals surface area contributed by atoms with Gasteiger partial charge in [-0.25, -0.2) is 5.53 Å². The summed E-state index contributed by atoms with van der Waals surface area (Å²) in [5.41, 5.74) is 12.7. The molecule has 1 saturated carbocycles. The molecule has 7 nitrogen and oxygen atoms in total. The van der Waals surface area contributed by atoms with E-state index in [1.165, 1.54) is 33.3 Å². The molecule has 1 aliphatic carbocycles. The van der Waals surface area contributed by atoms with Gasteiger partial charge < -0.3 is 9.47 Å². The number of amidine groups is 1. The molecule has 35 heavy (non-hydrogen) atoms. The SMILES string of the molecule is CC(CC(=O)N1CCCC2C(C3=NNNN3)CCCC21)c1cn(C)c2cccc(-c3cccs3)c12. The number of benzene rings is 1. The summed E-state index contributed by atoms with van der Waals surface area (Å²) in [5.74, 6) is 2.32. The lowest BCUT2D eigenvalue weighted by Crippen LogP contribution is -2.54. The number of piperidine rings is 1. The molecule has 1 aromatic carbocycles. The monoisotopic (exact) mass is 490 g/mol. The number of thiophene rings is 1. The minimum absolute atomic E-state index is 0.154. The van der Waals surface area contributed by atoms with Crippen molar-refractivity contribution in [2.45, 2.75) is 57.4 Å². The second-order valence-electron chi connectivity index (χ2n) is 10.3. The van der Waals surface area contributed by atoms with E-state index in [9.17, 15) is 4.79 Å². The molecule has 3 aliphatic rings. The van der Waals surface area contributed by atoms with Crippen LogP contribution in [0.2, 0.25) is 0 Å². The number of fused-ring (bicyclic) bond motifs is 2. The molecule has 4 unspecified atom stereocenters. The van der Waals surface area contributed by atoms with Gasteiger partial charge >= 0.3 is 0 Å². The van der Waals surface area contributed by atoms with Gasteiger partial charge in [-0.15, -0.1) is 22.0 Å². The maximum absolute atomic E-state index is 13.8. The second-order valence-corrected chi connectivity index (χ2v) is 11.3. The lowest BCUT2D eigenvalue weighted by atomic mass is 9.70. The van der Waals surface area contributed by atoms with Crippen molar-refractivity contribution in [3.05, 3.63) is 47.5 Å². The van der Waals surface area contributed by atoms with Crippen molar-refractivity contribution in [1.29, 1.82) is 0 Å². The van der Waals surface area contributed by atoms with Crippen LogP contribution in [0.5, 0.6) is 0 Å². The summed E-state index contributed by atoms with van der Waals surface area (Å²) in [5, 5.41) is 7.83. The first-order valence-corrected chi connectivity index (χ1v) is 13.7. The van der Waals surface area contributed by atoms with Crippen molar-refractivity contribution in [3.8, 4) is 10.4 Å². The summed E-state index contributed by atoms with van der Waals surface area (Å²) in [6, 6.07) is 11.2. The van der Waals surface area contributed by atoms with E-state index in [-0.39, 0.29) is 5.92 Å². The molecule has 2 aliphatic heterocycles. The first-order valence-electron chi connectivity index (χ1n) is 12.9. The molecule has 0 bridgehead atoms. The van der Waals surface area contributed by atoms with Crippen LogP contribution in [0.25, 0.3) is 21.3 Å². The van der Waals surface area contributed by atoms with E-state index in [1.54, 1.807) is 11.3 Å². The number of hydrogen-bond acceptors (Lipinski definition) is 6. The van der Waals surface area contributed by atoms with Crippen LogP contribution in [0.3, 0.4) is 0 Å². The van der Waals surface area contributed by atoms with Gasteiger partial charge in [0.2, 0.25) is 5.91 Å². The number of amides is 1. The number of carbonyl (C=O) groups excluding carboxylic acids is 1. The Balaban J connectivity index is 1.25. The van der Waals surface area contributed by atoms with Crippen LogP contribution in [-0.4, -0.2) is 33.8 Å². The van der Waals surface area contributed by atoms with Gasteiger partial charge in [-0.1, -0.05) is 31.5 Å². The molecule has 2 fully saturated rings. The second kappa shape index (κ2) is 9.32. The van der Waals surface area contributed by atoms with Crippen molar-refractivity contribution >= 4 is 34.0 Å². The first kappa shape index (κ1) is 22.6. The molecular formula is C27H34N6OS. The molecule has 6 rings (SSSR count). The standard InChI is InChI=1S/C27H34N6OS/c1-17(21-16-32(2)23-11-4-8-20(26(21)23)24-12-6-14-35-24)15-25(34)33-13-5-9-18-19(7-3-10-22(18)33)27-28-30-31-29-27/h4,6,8,11-12,14,16-19,22,30-31H,3,5,7,9-10,13,15H2,1-2H3,(H,28,29). The fraction of sp³-hybridized carbons (Fsp3) is 0.481. The summed E-state index contributed by atoms with van der Waals surface area (Å²) < 4.78 is 2.21. The van der Waals surface area contributed by atoms with Gasteiger partial charge in [0.25, 0.3) is 0 Å². The lowest BCUT2D eigenvalue weighted by molar-refractivity contribution is -0.138. The zero-order chi connectivity index (χ0) is 23.9. The number of rotatable bonds is 5. The number of aryl methyl sites for hydroxylation is 1. The number of hydrazone groups is 1. The molecule has 2 aromatic heterocycles. The van der Waals surface area contributed by atoms with E-state index < -0.39 is 0 Å². The Labute approximate surface area is 210 Å².